The molecule has 1 heterocycles. The standard InChI is InChI=1S/C9H7NO5/c1-14-8(12)3-2-7(11)9(13)6-4-15-5-10-6/h2-5H,1H3/b3-2+. The van der Waals surface area contributed by atoms with Crippen molar-refractivity contribution in [2.24, 2.45) is 0 Å². The van der Waals surface area contributed by atoms with Crippen LogP contribution in [0, 0.1) is 0 Å². The third kappa shape index (κ3) is 2.87. The van der Waals surface area contributed by atoms with Gasteiger partial charge in [0.15, 0.2) is 12.1 Å². The van der Waals surface area contributed by atoms with Crippen LogP contribution >= 0.6 is 0 Å². The summed E-state index contributed by atoms with van der Waals surface area (Å²) in [6.07, 6.45) is 3.76. The van der Waals surface area contributed by atoms with Crippen molar-refractivity contribution in [3.05, 3.63) is 30.5 Å². The smallest absolute Gasteiger partial charge is 0.330 e. The van der Waals surface area contributed by atoms with Crippen LogP contribution < -0.4 is 0 Å². The molecule has 1 rings (SSSR count). The highest BCUT2D eigenvalue weighted by atomic mass is 16.5. The Balaban J connectivity index is 2.67. The van der Waals surface area contributed by atoms with E-state index in [9.17, 15) is 14.4 Å². The lowest BCUT2D eigenvalue weighted by atomic mass is 10.2. The quantitative estimate of drug-likeness (QED) is 0.304. The van der Waals surface area contributed by atoms with Crippen LogP contribution in [0.1, 0.15) is 10.5 Å². The number of esters is 1. The van der Waals surface area contributed by atoms with Crippen molar-refractivity contribution in [2.45, 2.75) is 0 Å². The number of methoxy groups -OCH3 is 1. The molecular formula is C9H7NO5. The van der Waals surface area contributed by atoms with E-state index in [0.29, 0.717) is 0 Å². The van der Waals surface area contributed by atoms with E-state index in [-0.39, 0.29) is 5.69 Å². The third-order valence-corrected chi connectivity index (χ3v) is 1.46. The van der Waals surface area contributed by atoms with Gasteiger partial charge in [0.2, 0.25) is 5.78 Å². The SMILES string of the molecule is COC(=O)/C=C/C(=O)C(=O)c1cocn1. The van der Waals surface area contributed by atoms with Crippen LogP contribution in [0.15, 0.2) is 29.2 Å². The van der Waals surface area contributed by atoms with E-state index in [0.717, 1.165) is 31.9 Å². The Morgan fingerprint density at radius 3 is 2.67 bits per heavy atom. The molecule has 0 bridgehead atoms. The summed E-state index contributed by atoms with van der Waals surface area (Å²) < 4.78 is 8.78. The predicted molar refractivity (Wildman–Crippen MR) is 47.0 cm³/mol. The van der Waals surface area contributed by atoms with Crippen molar-refractivity contribution in [1.82, 2.24) is 4.98 Å². The molecule has 0 saturated heterocycles. The fourth-order valence-corrected chi connectivity index (χ4v) is 0.738. The zero-order valence-corrected chi connectivity index (χ0v) is 7.80. The topological polar surface area (TPSA) is 86.5 Å². The van der Waals surface area contributed by atoms with Crippen LogP contribution in [0.2, 0.25) is 0 Å². The molecule has 0 aliphatic heterocycles. The zero-order chi connectivity index (χ0) is 11.3. The lowest BCUT2D eigenvalue weighted by Gasteiger charge is -1.90. The molecule has 6 nitrogen and oxygen atoms in total. The molecule has 0 aliphatic carbocycles. The maximum absolute atomic E-state index is 11.2. The Hall–Kier alpha value is -2.24. The van der Waals surface area contributed by atoms with Crippen LogP contribution in [0.25, 0.3) is 0 Å². The monoisotopic (exact) mass is 209 g/mol. The molecule has 0 aromatic carbocycles. The summed E-state index contributed by atoms with van der Waals surface area (Å²) in [6, 6.07) is 0. The van der Waals surface area contributed by atoms with Gasteiger partial charge in [0.1, 0.15) is 6.26 Å². The van der Waals surface area contributed by atoms with Gasteiger partial charge < -0.3 is 9.15 Å². The highest BCUT2D eigenvalue weighted by molar-refractivity contribution is 6.47. The van der Waals surface area contributed by atoms with Crippen LogP contribution in [-0.4, -0.2) is 29.6 Å². The van der Waals surface area contributed by atoms with Crippen molar-refractivity contribution in [1.29, 1.82) is 0 Å². The Morgan fingerprint density at radius 2 is 2.13 bits per heavy atom. The van der Waals surface area contributed by atoms with Gasteiger partial charge in [-0.2, -0.15) is 0 Å². The summed E-state index contributed by atoms with van der Waals surface area (Å²) in [5.41, 5.74) is -0.102. The van der Waals surface area contributed by atoms with Crippen LogP contribution in [-0.2, 0) is 14.3 Å². The molecular weight excluding hydrogens is 202 g/mol. The normalized spacial score (nSPS) is 10.2. The van der Waals surface area contributed by atoms with Gasteiger partial charge in [-0.1, -0.05) is 0 Å². The fourth-order valence-electron chi connectivity index (χ4n) is 0.738. The number of carbonyl (C=O) groups excluding carboxylic acids is 3. The molecule has 0 fully saturated rings. The van der Waals surface area contributed by atoms with Crippen LogP contribution in [0.3, 0.4) is 0 Å². The molecule has 0 radical (unpaired) electrons. The molecule has 0 N–H and O–H groups in total. The number of aromatic nitrogens is 1. The Morgan fingerprint density at radius 1 is 1.40 bits per heavy atom. The number of rotatable bonds is 4. The average Bonchev–Trinajstić information content (AvgIpc) is 2.77. The van der Waals surface area contributed by atoms with Gasteiger partial charge in [0, 0.05) is 6.08 Å². The number of ether oxygens (including phenoxy) is 1. The van der Waals surface area contributed by atoms with Gasteiger partial charge in [0.25, 0.3) is 5.78 Å². The molecule has 1 aromatic rings. The van der Waals surface area contributed by atoms with E-state index in [1.165, 1.54) is 0 Å². The molecule has 6 heteroatoms. The summed E-state index contributed by atoms with van der Waals surface area (Å²) in [4.78, 5) is 36.5. The number of hydrogen-bond acceptors (Lipinski definition) is 6. The highest BCUT2D eigenvalue weighted by Crippen LogP contribution is 1.97. The van der Waals surface area contributed by atoms with Crippen LogP contribution in [0.4, 0.5) is 0 Å². The second-order valence-corrected chi connectivity index (χ2v) is 2.42. The van der Waals surface area contributed by atoms with E-state index in [1.54, 1.807) is 0 Å². The Bertz CT molecular complexity index is 404. The first-order valence-corrected chi connectivity index (χ1v) is 3.88. The molecule has 0 aliphatic rings. The van der Waals surface area contributed by atoms with Crippen LogP contribution in [0.5, 0.6) is 0 Å². The molecule has 0 saturated carbocycles. The molecule has 0 spiro atoms. The summed E-state index contributed by atoms with van der Waals surface area (Å²) in [5, 5.41) is 0. The summed E-state index contributed by atoms with van der Waals surface area (Å²) in [5.74, 6) is -2.42. The first kappa shape index (κ1) is 10.8. The summed E-state index contributed by atoms with van der Waals surface area (Å²) in [7, 11) is 1.16. The third-order valence-electron chi connectivity index (χ3n) is 1.46. The number of allylic oxidation sites excluding steroid dienone is 1. The van der Waals surface area contributed by atoms with Crippen molar-refractivity contribution in [3.8, 4) is 0 Å². The number of nitrogens with zero attached hydrogens (tertiary/aromatic N) is 1. The summed E-state index contributed by atoms with van der Waals surface area (Å²) >= 11 is 0. The van der Waals surface area contributed by atoms with Crippen molar-refractivity contribution < 1.29 is 23.5 Å². The maximum Gasteiger partial charge on any atom is 0.330 e. The van der Waals surface area contributed by atoms with Gasteiger partial charge in [-0.3, -0.25) is 9.59 Å². The number of hydrogen-bond donors (Lipinski definition) is 0. The molecule has 1 aromatic heterocycles. The molecule has 15 heavy (non-hydrogen) atoms. The van der Waals surface area contributed by atoms with E-state index < -0.39 is 17.5 Å². The summed E-state index contributed by atoms with van der Waals surface area (Å²) in [6.45, 7) is 0. The first-order valence-electron chi connectivity index (χ1n) is 3.88. The lowest BCUT2D eigenvalue weighted by Crippen LogP contribution is -2.12. The van der Waals surface area contributed by atoms with Crippen molar-refractivity contribution in [3.63, 3.8) is 0 Å². The minimum Gasteiger partial charge on any atom is -0.466 e. The van der Waals surface area contributed by atoms with Gasteiger partial charge in [-0.25, -0.2) is 9.78 Å². The minimum atomic E-state index is -0.866. The number of carbonyl (C=O) groups is 3. The average molecular weight is 209 g/mol. The first-order chi connectivity index (χ1) is 7.15. The lowest BCUT2D eigenvalue weighted by molar-refractivity contribution is -0.135. The highest BCUT2D eigenvalue weighted by Gasteiger charge is 2.16. The molecule has 0 atom stereocenters. The second kappa shape index (κ2) is 4.85. The zero-order valence-electron chi connectivity index (χ0n) is 7.80. The molecule has 0 unspecified atom stereocenters. The van der Waals surface area contributed by atoms with E-state index in [1.807, 2.05) is 0 Å². The van der Waals surface area contributed by atoms with Gasteiger partial charge in [-0.15, -0.1) is 0 Å². The van der Waals surface area contributed by atoms with Crippen molar-refractivity contribution >= 4 is 17.5 Å². The Labute approximate surface area is 84.5 Å². The molecule has 78 valence electrons. The minimum absolute atomic E-state index is 0.102. The van der Waals surface area contributed by atoms with E-state index >= 15 is 0 Å². The number of oxazole rings is 1. The van der Waals surface area contributed by atoms with E-state index in [2.05, 4.69) is 14.1 Å². The van der Waals surface area contributed by atoms with Crippen molar-refractivity contribution in [2.75, 3.05) is 7.11 Å². The Kier molecular flexibility index (Phi) is 3.50. The predicted octanol–water partition coefficient (Wildman–Crippen LogP) is 0.156. The number of Topliss-reactive ketones (excluding diaryl/α,β-unsaturated/α-hetero) is 1. The van der Waals surface area contributed by atoms with Gasteiger partial charge >= 0.3 is 5.97 Å². The maximum atomic E-state index is 11.2. The van der Waals surface area contributed by atoms with Gasteiger partial charge in [0.05, 0.1) is 7.11 Å². The molecule has 0 amide bonds. The van der Waals surface area contributed by atoms with E-state index in [4.69, 9.17) is 0 Å². The van der Waals surface area contributed by atoms with Gasteiger partial charge in [-0.05, 0) is 6.08 Å². The number of ketones is 2. The largest absolute Gasteiger partial charge is 0.466 e. The fraction of sp³-hybridized carbons (Fsp3) is 0.111. The second-order valence-electron chi connectivity index (χ2n) is 2.42.